The number of nitrogens with zero attached hydrogens (tertiary/aromatic N) is 2. The number of nitrogens with one attached hydrogen (secondary N) is 1. The minimum atomic E-state index is 0.591. The summed E-state index contributed by atoms with van der Waals surface area (Å²) >= 11 is 1.82. The normalized spacial score (nSPS) is 12.8. The predicted molar refractivity (Wildman–Crippen MR) is 78.0 cm³/mol. The van der Waals surface area contributed by atoms with Crippen LogP contribution in [0.4, 0.5) is 0 Å². The molecule has 2 rings (SSSR count). The molecule has 1 aromatic carbocycles. The number of fused-ring (bicyclic) bond motifs is 1. The summed E-state index contributed by atoms with van der Waals surface area (Å²) in [5, 5.41) is 5.51. The molecule has 1 aromatic heterocycles. The molecule has 1 atom stereocenters. The van der Waals surface area contributed by atoms with Crippen LogP contribution in [0.2, 0.25) is 0 Å². The molecule has 1 N–H and O–H groups in total. The van der Waals surface area contributed by atoms with Gasteiger partial charge in [-0.05, 0) is 38.6 Å². The molecule has 1 unspecified atom stereocenters. The van der Waals surface area contributed by atoms with Crippen molar-refractivity contribution in [3.63, 3.8) is 0 Å². The summed E-state index contributed by atoms with van der Waals surface area (Å²) in [5.41, 5.74) is 1.03. The first kappa shape index (κ1) is 13.3. The van der Waals surface area contributed by atoms with E-state index in [1.54, 1.807) is 6.33 Å². The molecule has 4 heteroatoms. The first-order valence-corrected chi connectivity index (χ1v) is 7.29. The van der Waals surface area contributed by atoms with Gasteiger partial charge in [0.2, 0.25) is 0 Å². The fraction of sp³-hybridized carbons (Fsp3) is 0.429. The molecule has 0 saturated heterocycles. The average molecular weight is 261 g/mol. The second-order valence-corrected chi connectivity index (χ2v) is 5.46. The summed E-state index contributed by atoms with van der Waals surface area (Å²) in [4.78, 5) is 8.66. The maximum Gasteiger partial charge on any atom is 0.117 e. The number of para-hydroxylation sites is 1. The van der Waals surface area contributed by atoms with Crippen molar-refractivity contribution < 1.29 is 0 Å². The van der Waals surface area contributed by atoms with Crippen LogP contribution in [0.1, 0.15) is 19.8 Å². The summed E-state index contributed by atoms with van der Waals surface area (Å²) in [6.07, 6.45) is 4.05. The lowest BCUT2D eigenvalue weighted by atomic mass is 10.2. The molecule has 0 bridgehead atoms. The second kappa shape index (κ2) is 6.71. The van der Waals surface area contributed by atoms with Gasteiger partial charge in [-0.1, -0.05) is 18.2 Å². The van der Waals surface area contributed by atoms with Crippen molar-refractivity contribution in [3.8, 4) is 0 Å². The molecule has 0 amide bonds. The van der Waals surface area contributed by atoms with Crippen LogP contribution in [0, 0.1) is 0 Å². The van der Waals surface area contributed by atoms with E-state index in [1.165, 1.54) is 12.8 Å². The molecule has 0 radical (unpaired) electrons. The molecule has 0 saturated carbocycles. The van der Waals surface area contributed by atoms with Crippen LogP contribution in [0.25, 0.3) is 10.9 Å². The highest BCUT2D eigenvalue weighted by Gasteiger charge is 2.04. The van der Waals surface area contributed by atoms with Gasteiger partial charge >= 0.3 is 0 Å². The Kier molecular flexibility index (Phi) is 4.96. The summed E-state index contributed by atoms with van der Waals surface area (Å²) in [7, 11) is 2.01. The highest BCUT2D eigenvalue weighted by molar-refractivity contribution is 7.99. The molecule has 96 valence electrons. The zero-order valence-electron chi connectivity index (χ0n) is 10.9. The third-order valence-corrected chi connectivity index (χ3v) is 4.11. The van der Waals surface area contributed by atoms with Crippen molar-refractivity contribution in [2.75, 3.05) is 12.8 Å². The van der Waals surface area contributed by atoms with Gasteiger partial charge in [0.25, 0.3) is 0 Å². The van der Waals surface area contributed by atoms with E-state index < -0.39 is 0 Å². The van der Waals surface area contributed by atoms with Gasteiger partial charge in [0.05, 0.1) is 5.52 Å². The topological polar surface area (TPSA) is 37.8 Å². The maximum atomic E-state index is 4.38. The Balaban J connectivity index is 1.95. The van der Waals surface area contributed by atoms with Crippen LogP contribution in [0.15, 0.2) is 35.6 Å². The Morgan fingerprint density at radius 2 is 2.11 bits per heavy atom. The first-order chi connectivity index (χ1) is 8.81. The summed E-state index contributed by atoms with van der Waals surface area (Å²) in [6, 6.07) is 8.77. The van der Waals surface area contributed by atoms with E-state index in [9.17, 15) is 0 Å². The van der Waals surface area contributed by atoms with Gasteiger partial charge in [0.1, 0.15) is 11.4 Å². The van der Waals surface area contributed by atoms with Crippen molar-refractivity contribution >= 4 is 22.7 Å². The molecule has 0 aliphatic carbocycles. The zero-order valence-corrected chi connectivity index (χ0v) is 11.7. The number of hydrogen-bond donors (Lipinski definition) is 1. The highest BCUT2D eigenvalue weighted by Crippen LogP contribution is 2.24. The smallest absolute Gasteiger partial charge is 0.117 e. The Bertz CT molecular complexity index is 496. The van der Waals surface area contributed by atoms with E-state index in [0.29, 0.717) is 6.04 Å². The van der Waals surface area contributed by atoms with Gasteiger partial charge in [-0.15, -0.1) is 11.8 Å². The Hall–Kier alpha value is -1.13. The molecular weight excluding hydrogens is 242 g/mol. The van der Waals surface area contributed by atoms with Crippen LogP contribution in [0.3, 0.4) is 0 Å². The fourth-order valence-electron chi connectivity index (χ4n) is 1.80. The summed E-state index contributed by atoms with van der Waals surface area (Å²) < 4.78 is 0. The predicted octanol–water partition coefficient (Wildman–Crippen LogP) is 3.11. The summed E-state index contributed by atoms with van der Waals surface area (Å²) in [6.45, 7) is 2.21. The molecule has 18 heavy (non-hydrogen) atoms. The van der Waals surface area contributed by atoms with Gasteiger partial charge in [0, 0.05) is 11.4 Å². The molecule has 0 aliphatic heterocycles. The van der Waals surface area contributed by atoms with E-state index in [2.05, 4.69) is 28.3 Å². The quantitative estimate of drug-likeness (QED) is 0.492. The second-order valence-electron chi connectivity index (χ2n) is 4.38. The fourth-order valence-corrected chi connectivity index (χ4v) is 2.75. The van der Waals surface area contributed by atoms with Crippen molar-refractivity contribution in [1.29, 1.82) is 0 Å². The van der Waals surface area contributed by atoms with Gasteiger partial charge in [-0.25, -0.2) is 9.97 Å². The van der Waals surface area contributed by atoms with Crippen molar-refractivity contribution in [1.82, 2.24) is 15.3 Å². The lowest BCUT2D eigenvalue weighted by Crippen LogP contribution is -2.20. The largest absolute Gasteiger partial charge is 0.317 e. The van der Waals surface area contributed by atoms with Crippen molar-refractivity contribution in [2.45, 2.75) is 30.8 Å². The molecular formula is C14H19N3S. The molecule has 0 spiro atoms. The Labute approximate surface area is 112 Å². The molecule has 3 nitrogen and oxygen atoms in total. The number of hydrogen-bond acceptors (Lipinski definition) is 4. The highest BCUT2D eigenvalue weighted by atomic mass is 32.2. The summed E-state index contributed by atoms with van der Waals surface area (Å²) in [5.74, 6) is 1.10. The van der Waals surface area contributed by atoms with Crippen LogP contribution in [0.5, 0.6) is 0 Å². The van der Waals surface area contributed by atoms with Gasteiger partial charge < -0.3 is 5.32 Å². The lowest BCUT2D eigenvalue weighted by molar-refractivity contribution is 0.559. The molecule has 1 heterocycles. The van der Waals surface area contributed by atoms with Crippen LogP contribution < -0.4 is 5.32 Å². The lowest BCUT2D eigenvalue weighted by Gasteiger charge is -2.09. The zero-order chi connectivity index (χ0) is 12.8. The average Bonchev–Trinajstić information content (AvgIpc) is 2.43. The van der Waals surface area contributed by atoms with Crippen LogP contribution in [-0.4, -0.2) is 28.8 Å². The van der Waals surface area contributed by atoms with Gasteiger partial charge in [-0.2, -0.15) is 0 Å². The number of thioether (sulfide) groups is 1. The van der Waals surface area contributed by atoms with Crippen LogP contribution >= 0.6 is 11.8 Å². The SMILES string of the molecule is CNC(C)CCCSc1ncnc2ccccc12. The number of rotatable bonds is 6. The van der Waals surface area contributed by atoms with E-state index in [1.807, 2.05) is 37.0 Å². The molecule has 0 aliphatic rings. The Morgan fingerprint density at radius 1 is 1.28 bits per heavy atom. The van der Waals surface area contributed by atoms with E-state index in [0.717, 1.165) is 21.7 Å². The maximum absolute atomic E-state index is 4.38. The third-order valence-electron chi connectivity index (χ3n) is 3.02. The van der Waals surface area contributed by atoms with Crippen molar-refractivity contribution in [3.05, 3.63) is 30.6 Å². The third kappa shape index (κ3) is 3.43. The number of benzene rings is 1. The minimum Gasteiger partial charge on any atom is -0.317 e. The monoisotopic (exact) mass is 261 g/mol. The van der Waals surface area contributed by atoms with E-state index in [4.69, 9.17) is 0 Å². The van der Waals surface area contributed by atoms with Gasteiger partial charge in [0.15, 0.2) is 0 Å². The molecule has 2 aromatic rings. The Morgan fingerprint density at radius 3 is 2.94 bits per heavy atom. The van der Waals surface area contributed by atoms with E-state index in [-0.39, 0.29) is 0 Å². The van der Waals surface area contributed by atoms with Crippen LogP contribution in [-0.2, 0) is 0 Å². The van der Waals surface area contributed by atoms with Crippen molar-refractivity contribution in [2.24, 2.45) is 0 Å². The first-order valence-electron chi connectivity index (χ1n) is 6.31. The molecule has 0 fully saturated rings. The van der Waals surface area contributed by atoms with Gasteiger partial charge in [-0.3, -0.25) is 0 Å². The van der Waals surface area contributed by atoms with E-state index >= 15 is 0 Å². The number of aromatic nitrogens is 2. The minimum absolute atomic E-state index is 0.591. The standard InChI is InChI=1S/C14H19N3S/c1-11(15-2)6-5-9-18-14-12-7-3-4-8-13(12)16-10-17-14/h3-4,7-8,10-11,15H,5-6,9H2,1-2H3.